The van der Waals surface area contributed by atoms with Crippen LogP contribution in [0.1, 0.15) is 19.8 Å². The highest BCUT2D eigenvalue weighted by atomic mass is 32.2. The molecule has 88 valence electrons. The van der Waals surface area contributed by atoms with Crippen molar-refractivity contribution in [3.05, 3.63) is 0 Å². The van der Waals surface area contributed by atoms with Crippen molar-refractivity contribution in [2.45, 2.75) is 25.8 Å². The zero-order chi connectivity index (χ0) is 11.7. The number of amides is 4. The van der Waals surface area contributed by atoms with Gasteiger partial charge in [-0.2, -0.15) is 11.8 Å². The first-order valence-electron chi connectivity index (χ1n) is 5.40. The fourth-order valence-electron chi connectivity index (χ4n) is 2.06. The molecule has 0 saturated carbocycles. The Bertz CT molecular complexity index is 339. The number of barbiturate groups is 1. The van der Waals surface area contributed by atoms with Crippen LogP contribution in [0.4, 0.5) is 4.79 Å². The summed E-state index contributed by atoms with van der Waals surface area (Å²) in [6, 6.07) is -0.591. The van der Waals surface area contributed by atoms with Crippen molar-refractivity contribution < 1.29 is 14.4 Å². The molecule has 0 aromatic rings. The van der Waals surface area contributed by atoms with Gasteiger partial charge in [-0.05, 0) is 18.6 Å². The molecule has 2 aliphatic rings. The molecule has 2 unspecified atom stereocenters. The number of thioether (sulfide) groups is 1. The number of rotatable bonds is 2. The molecule has 0 aliphatic carbocycles. The largest absolute Gasteiger partial charge is 0.331 e. The van der Waals surface area contributed by atoms with E-state index in [2.05, 4.69) is 5.32 Å². The smallest absolute Gasteiger partial charge is 0.277 e. The van der Waals surface area contributed by atoms with Gasteiger partial charge in [0.05, 0.1) is 6.04 Å². The number of hydrogen-bond acceptors (Lipinski definition) is 4. The van der Waals surface area contributed by atoms with E-state index < -0.39 is 17.9 Å². The molecule has 2 heterocycles. The Balaban J connectivity index is 2.19. The summed E-state index contributed by atoms with van der Waals surface area (Å²) >= 11 is 1.73. The highest BCUT2D eigenvalue weighted by Crippen LogP contribution is 2.26. The Hall–Kier alpha value is -1.04. The van der Waals surface area contributed by atoms with Gasteiger partial charge in [-0.15, -0.1) is 0 Å². The van der Waals surface area contributed by atoms with E-state index in [1.165, 1.54) is 4.90 Å². The molecule has 4 amide bonds. The molecule has 0 bridgehead atoms. The fraction of sp³-hybridized carbons (Fsp3) is 0.700. The minimum atomic E-state index is -0.691. The van der Waals surface area contributed by atoms with E-state index in [0.29, 0.717) is 6.42 Å². The predicted molar refractivity (Wildman–Crippen MR) is 59.9 cm³/mol. The number of nitrogens with one attached hydrogen (secondary N) is 1. The first kappa shape index (κ1) is 11.4. The first-order valence-corrected chi connectivity index (χ1v) is 6.56. The molecule has 5 nitrogen and oxygen atoms in total. The molecular formula is C10H14N2O3S. The molecule has 16 heavy (non-hydrogen) atoms. The highest BCUT2D eigenvalue weighted by Gasteiger charge is 2.43. The van der Waals surface area contributed by atoms with Gasteiger partial charge in [0.2, 0.25) is 11.8 Å². The number of urea groups is 1. The summed E-state index contributed by atoms with van der Waals surface area (Å²) in [6.45, 7) is 1.78. The number of carbonyl (C=O) groups is 3. The number of carbonyl (C=O) groups excluding carboxylic acids is 3. The van der Waals surface area contributed by atoms with E-state index in [4.69, 9.17) is 0 Å². The molecular weight excluding hydrogens is 228 g/mol. The lowest BCUT2D eigenvalue weighted by Crippen LogP contribution is -2.60. The summed E-state index contributed by atoms with van der Waals surface area (Å²) in [5, 5.41) is 2.26. The van der Waals surface area contributed by atoms with E-state index in [1.54, 1.807) is 18.7 Å². The van der Waals surface area contributed by atoms with Gasteiger partial charge in [0.25, 0.3) is 0 Å². The van der Waals surface area contributed by atoms with Gasteiger partial charge in [0, 0.05) is 5.75 Å². The molecule has 1 N–H and O–H groups in total. The van der Waals surface area contributed by atoms with Gasteiger partial charge in [-0.25, -0.2) is 4.79 Å². The minimum absolute atomic E-state index is 0.0420. The number of imide groups is 2. The molecule has 2 atom stereocenters. The first-order chi connectivity index (χ1) is 7.65. The van der Waals surface area contributed by atoms with Crippen LogP contribution >= 0.6 is 11.8 Å². The molecule has 6 heteroatoms. The normalized spacial score (nSPS) is 30.8. The molecule has 0 aromatic carbocycles. The monoisotopic (exact) mass is 242 g/mol. The predicted octanol–water partition coefficient (Wildman–Crippen LogP) is 0.596. The Kier molecular flexibility index (Phi) is 3.18. The lowest BCUT2D eigenvalue weighted by molar-refractivity contribution is -0.143. The Morgan fingerprint density at radius 3 is 2.75 bits per heavy atom. The van der Waals surface area contributed by atoms with Crippen molar-refractivity contribution in [1.29, 1.82) is 0 Å². The zero-order valence-corrected chi connectivity index (χ0v) is 9.88. The minimum Gasteiger partial charge on any atom is -0.277 e. The van der Waals surface area contributed by atoms with Crippen molar-refractivity contribution in [3.63, 3.8) is 0 Å². The van der Waals surface area contributed by atoms with Crippen LogP contribution in [0.2, 0.25) is 0 Å². The molecule has 2 fully saturated rings. The summed E-state index contributed by atoms with van der Waals surface area (Å²) in [5.74, 6) is 0.266. The molecule has 0 spiro atoms. The number of hydrogen-bond donors (Lipinski definition) is 1. The summed E-state index contributed by atoms with van der Waals surface area (Å²) in [7, 11) is 0. The van der Waals surface area contributed by atoms with Crippen LogP contribution in [0.5, 0.6) is 0 Å². The quantitative estimate of drug-likeness (QED) is 0.720. The van der Waals surface area contributed by atoms with Crippen molar-refractivity contribution >= 4 is 29.6 Å². The van der Waals surface area contributed by atoms with Gasteiger partial charge in [-0.3, -0.25) is 19.8 Å². The highest BCUT2D eigenvalue weighted by molar-refractivity contribution is 7.99. The lowest BCUT2D eigenvalue weighted by Gasteiger charge is -2.33. The van der Waals surface area contributed by atoms with Crippen molar-refractivity contribution in [2.75, 3.05) is 11.5 Å². The summed E-state index contributed by atoms with van der Waals surface area (Å²) in [4.78, 5) is 36.3. The van der Waals surface area contributed by atoms with Crippen LogP contribution < -0.4 is 5.32 Å². The maximum Gasteiger partial charge on any atom is 0.331 e. The summed E-state index contributed by atoms with van der Waals surface area (Å²) in [5.41, 5.74) is 0. The topological polar surface area (TPSA) is 66.5 Å². The summed E-state index contributed by atoms with van der Waals surface area (Å²) < 4.78 is 0. The number of nitrogens with zero attached hydrogens (tertiary/aromatic N) is 1. The van der Waals surface area contributed by atoms with Crippen molar-refractivity contribution in [3.8, 4) is 0 Å². The molecule has 0 radical (unpaired) electrons. The van der Waals surface area contributed by atoms with Crippen LogP contribution in [0, 0.1) is 5.92 Å². The SMILES string of the molecule is CCC1C(=O)NC(=O)N(C2CCSC2)C1=O. The average Bonchev–Trinajstić information content (AvgIpc) is 2.70. The molecule has 2 saturated heterocycles. The maximum absolute atomic E-state index is 12.0. The third-order valence-electron chi connectivity index (χ3n) is 2.98. The van der Waals surface area contributed by atoms with Crippen molar-refractivity contribution in [2.24, 2.45) is 5.92 Å². The fourth-order valence-corrected chi connectivity index (χ4v) is 3.26. The van der Waals surface area contributed by atoms with Crippen LogP contribution in [-0.4, -0.2) is 40.3 Å². The Morgan fingerprint density at radius 2 is 2.19 bits per heavy atom. The molecule has 2 rings (SSSR count). The van der Waals surface area contributed by atoms with E-state index in [1.807, 2.05) is 0 Å². The van der Waals surface area contributed by atoms with Crippen LogP contribution in [0.15, 0.2) is 0 Å². The van der Waals surface area contributed by atoms with Gasteiger partial charge in [0.1, 0.15) is 5.92 Å². The van der Waals surface area contributed by atoms with Crippen LogP contribution in [0.3, 0.4) is 0 Å². The van der Waals surface area contributed by atoms with E-state index in [0.717, 1.165) is 17.9 Å². The molecule has 2 aliphatic heterocycles. The molecule has 0 aromatic heterocycles. The van der Waals surface area contributed by atoms with Crippen LogP contribution in [0.25, 0.3) is 0 Å². The average molecular weight is 242 g/mol. The lowest BCUT2D eigenvalue weighted by atomic mass is 10.0. The van der Waals surface area contributed by atoms with E-state index >= 15 is 0 Å². The second-order valence-electron chi connectivity index (χ2n) is 3.98. The second-order valence-corrected chi connectivity index (χ2v) is 5.13. The van der Waals surface area contributed by atoms with Gasteiger partial charge in [0.15, 0.2) is 0 Å². The second kappa shape index (κ2) is 4.45. The Labute approximate surface area is 97.9 Å². The third-order valence-corrected chi connectivity index (χ3v) is 4.12. The third kappa shape index (κ3) is 1.81. The van der Waals surface area contributed by atoms with Gasteiger partial charge >= 0.3 is 6.03 Å². The summed E-state index contributed by atoms with van der Waals surface area (Å²) in [6.07, 6.45) is 1.27. The van der Waals surface area contributed by atoms with Crippen LogP contribution in [-0.2, 0) is 9.59 Å². The zero-order valence-electron chi connectivity index (χ0n) is 9.06. The Morgan fingerprint density at radius 1 is 1.44 bits per heavy atom. The van der Waals surface area contributed by atoms with Gasteiger partial charge in [-0.1, -0.05) is 6.92 Å². The van der Waals surface area contributed by atoms with E-state index in [-0.39, 0.29) is 11.9 Å². The standard InChI is InChI=1S/C10H14N2O3S/c1-2-7-8(13)11-10(15)12(9(7)14)6-3-4-16-5-6/h6-7H,2-5H2,1H3,(H,11,13,15). The maximum atomic E-state index is 12.0. The van der Waals surface area contributed by atoms with E-state index in [9.17, 15) is 14.4 Å². The van der Waals surface area contributed by atoms with Gasteiger partial charge < -0.3 is 0 Å². The van der Waals surface area contributed by atoms with Crippen molar-refractivity contribution in [1.82, 2.24) is 10.2 Å².